The van der Waals surface area contributed by atoms with Crippen molar-refractivity contribution in [3.63, 3.8) is 0 Å². The highest BCUT2D eigenvalue weighted by Crippen LogP contribution is 2.68. The van der Waals surface area contributed by atoms with Crippen molar-refractivity contribution < 1.29 is 13.2 Å². The standard InChI is InChI=1S/C27H26N4O3S/c1-18-10-12-19(13-11-18)35(33,34)31-23-9-5-3-7-21(23)25(14-16-28-24(25)32)26-15-17-29-27(26,31)30-22-8-4-2-6-20(22)26/h2-13,29-30H,14-17H2,1H3,(H,28,32)/t25-,26-,27-/m0/s1. The molecule has 0 saturated carbocycles. The fourth-order valence-electron chi connectivity index (χ4n) is 7.29. The van der Waals surface area contributed by atoms with Gasteiger partial charge in [-0.1, -0.05) is 54.1 Å². The number of amides is 1. The molecule has 8 heteroatoms. The zero-order valence-corrected chi connectivity index (χ0v) is 20.2. The number of anilines is 2. The third-order valence-electron chi connectivity index (χ3n) is 8.55. The molecule has 0 radical (unpaired) electrons. The average molecular weight is 487 g/mol. The number of benzene rings is 3. The first-order valence-corrected chi connectivity index (χ1v) is 13.5. The Morgan fingerprint density at radius 3 is 2.31 bits per heavy atom. The number of nitrogens with zero attached hydrogens (tertiary/aromatic N) is 1. The van der Waals surface area contributed by atoms with Crippen molar-refractivity contribution in [3.05, 3.63) is 89.5 Å². The fraction of sp³-hybridized carbons (Fsp3) is 0.296. The van der Waals surface area contributed by atoms with E-state index < -0.39 is 26.6 Å². The van der Waals surface area contributed by atoms with Crippen LogP contribution in [-0.2, 0) is 25.6 Å². The summed E-state index contributed by atoms with van der Waals surface area (Å²) < 4.78 is 30.6. The maximum absolute atomic E-state index is 14.5. The van der Waals surface area contributed by atoms with Gasteiger partial charge in [0.2, 0.25) is 5.91 Å². The smallest absolute Gasteiger partial charge is 0.267 e. The lowest BCUT2D eigenvalue weighted by atomic mass is 9.51. The third kappa shape index (κ3) is 2.21. The number of hydrogen-bond donors (Lipinski definition) is 3. The van der Waals surface area contributed by atoms with Crippen LogP contribution in [0.15, 0.2) is 77.7 Å². The number of rotatable bonds is 2. The molecule has 4 aliphatic rings. The van der Waals surface area contributed by atoms with Crippen molar-refractivity contribution in [2.45, 2.75) is 41.3 Å². The molecular weight excluding hydrogens is 460 g/mol. The fourth-order valence-corrected chi connectivity index (χ4v) is 9.03. The van der Waals surface area contributed by atoms with Crippen molar-refractivity contribution in [2.75, 3.05) is 22.7 Å². The van der Waals surface area contributed by atoms with Crippen molar-refractivity contribution >= 4 is 27.3 Å². The summed E-state index contributed by atoms with van der Waals surface area (Å²) in [6.07, 6.45) is 1.22. The van der Waals surface area contributed by atoms with E-state index in [1.807, 2.05) is 61.5 Å². The second-order valence-corrected chi connectivity index (χ2v) is 11.8. The Hall–Kier alpha value is -3.36. The van der Waals surface area contributed by atoms with Crippen LogP contribution in [0.4, 0.5) is 11.4 Å². The van der Waals surface area contributed by atoms with Crippen molar-refractivity contribution in [1.82, 2.24) is 10.6 Å². The van der Waals surface area contributed by atoms with E-state index in [1.54, 1.807) is 12.1 Å². The summed E-state index contributed by atoms with van der Waals surface area (Å²) in [5.41, 5.74) is 2.40. The van der Waals surface area contributed by atoms with Gasteiger partial charge < -0.3 is 10.6 Å². The molecule has 7 nitrogen and oxygen atoms in total. The summed E-state index contributed by atoms with van der Waals surface area (Å²) in [6.45, 7) is 3.06. The van der Waals surface area contributed by atoms with E-state index in [1.165, 1.54) is 4.31 Å². The molecule has 0 unspecified atom stereocenters. The lowest BCUT2D eigenvalue weighted by Gasteiger charge is -2.59. The molecule has 0 aromatic heterocycles. The second-order valence-electron chi connectivity index (χ2n) is 9.97. The summed E-state index contributed by atoms with van der Waals surface area (Å²) >= 11 is 0. The molecular formula is C27H26N4O3S. The molecule has 35 heavy (non-hydrogen) atoms. The van der Waals surface area contributed by atoms with Crippen LogP contribution in [-0.4, -0.2) is 33.2 Å². The Morgan fingerprint density at radius 1 is 0.857 bits per heavy atom. The monoisotopic (exact) mass is 486 g/mol. The van der Waals surface area contributed by atoms with Crippen LogP contribution in [0.3, 0.4) is 0 Å². The van der Waals surface area contributed by atoms with Crippen molar-refractivity contribution in [3.8, 4) is 0 Å². The summed E-state index contributed by atoms with van der Waals surface area (Å²) in [5, 5.41) is 10.3. The van der Waals surface area contributed by atoms with Gasteiger partial charge in [-0.2, -0.15) is 0 Å². The number of sulfonamides is 1. The summed E-state index contributed by atoms with van der Waals surface area (Å²) in [7, 11) is -4.02. The number of nitrogens with one attached hydrogen (secondary N) is 3. The first-order chi connectivity index (χ1) is 16.9. The van der Waals surface area contributed by atoms with Gasteiger partial charge in [0.25, 0.3) is 10.0 Å². The molecule has 3 atom stereocenters. The molecule has 3 N–H and O–H groups in total. The largest absolute Gasteiger partial charge is 0.355 e. The van der Waals surface area contributed by atoms with Crippen LogP contribution in [0, 0.1) is 6.92 Å². The van der Waals surface area contributed by atoms with Crippen LogP contribution in [0.1, 0.15) is 29.5 Å². The topological polar surface area (TPSA) is 90.5 Å². The molecule has 4 aliphatic heterocycles. The Balaban J connectivity index is 1.62. The highest BCUT2D eigenvalue weighted by Gasteiger charge is 2.79. The maximum Gasteiger partial charge on any atom is 0.267 e. The van der Waals surface area contributed by atoms with E-state index >= 15 is 0 Å². The number of para-hydroxylation sites is 2. The van der Waals surface area contributed by atoms with Gasteiger partial charge in [-0.15, -0.1) is 0 Å². The molecule has 2 saturated heterocycles. The summed E-state index contributed by atoms with van der Waals surface area (Å²) in [5.74, 6) is -1.26. The molecule has 7 rings (SSSR count). The first-order valence-electron chi connectivity index (χ1n) is 12.0. The van der Waals surface area contributed by atoms with Crippen LogP contribution >= 0.6 is 0 Å². The van der Waals surface area contributed by atoms with Crippen LogP contribution in [0.2, 0.25) is 0 Å². The van der Waals surface area contributed by atoms with Crippen LogP contribution in [0.25, 0.3) is 0 Å². The van der Waals surface area contributed by atoms with Gasteiger partial charge in [0.1, 0.15) is 0 Å². The van der Waals surface area contributed by atoms with Crippen molar-refractivity contribution in [2.24, 2.45) is 0 Å². The number of carbonyl (C=O) groups excluding carboxylic acids is 1. The lowest BCUT2D eigenvalue weighted by Crippen LogP contribution is -2.77. The summed E-state index contributed by atoms with van der Waals surface area (Å²) in [4.78, 5) is 14.2. The SMILES string of the molecule is Cc1ccc(S(=O)(=O)N2c3ccccc3[C@]3(CCNC3=O)[C@@]34CCN[C@@]23Nc2ccccc24)cc1. The second kappa shape index (κ2) is 6.65. The normalized spacial score (nSPS) is 30.3. The number of hydrogen-bond acceptors (Lipinski definition) is 5. The maximum atomic E-state index is 14.5. The molecule has 3 aromatic rings. The third-order valence-corrected chi connectivity index (χ3v) is 10.4. The van der Waals surface area contributed by atoms with Crippen molar-refractivity contribution in [1.29, 1.82) is 0 Å². The van der Waals surface area contributed by atoms with Gasteiger partial charge in [-0.25, -0.2) is 12.7 Å². The average Bonchev–Trinajstić information content (AvgIpc) is 3.50. The van der Waals surface area contributed by atoms with Gasteiger partial charge in [0.15, 0.2) is 5.79 Å². The predicted molar refractivity (Wildman–Crippen MR) is 134 cm³/mol. The van der Waals surface area contributed by atoms with E-state index in [2.05, 4.69) is 22.0 Å². The highest BCUT2D eigenvalue weighted by atomic mass is 32.2. The minimum absolute atomic E-state index is 0.0380. The number of aryl methyl sites for hydroxylation is 1. The molecule has 0 bridgehead atoms. The lowest BCUT2D eigenvalue weighted by molar-refractivity contribution is -0.127. The highest BCUT2D eigenvalue weighted by molar-refractivity contribution is 7.93. The zero-order chi connectivity index (χ0) is 24.1. The van der Waals surface area contributed by atoms with E-state index in [-0.39, 0.29) is 10.8 Å². The molecule has 1 spiro atoms. The Morgan fingerprint density at radius 2 is 1.57 bits per heavy atom. The minimum Gasteiger partial charge on any atom is -0.355 e. The molecule has 0 aliphatic carbocycles. The van der Waals surface area contributed by atoms with Gasteiger partial charge in [0.05, 0.1) is 21.4 Å². The molecule has 1 amide bonds. The molecule has 178 valence electrons. The van der Waals surface area contributed by atoms with Gasteiger partial charge in [-0.3, -0.25) is 10.1 Å². The Labute approximate surface area is 204 Å². The Bertz CT molecular complexity index is 1500. The van der Waals surface area contributed by atoms with E-state index in [0.29, 0.717) is 31.6 Å². The minimum atomic E-state index is -4.02. The zero-order valence-electron chi connectivity index (χ0n) is 19.3. The van der Waals surface area contributed by atoms with Gasteiger partial charge in [-0.05, 0) is 55.2 Å². The number of carbonyl (C=O) groups is 1. The van der Waals surface area contributed by atoms with Gasteiger partial charge >= 0.3 is 0 Å². The first kappa shape index (κ1) is 21.0. The Kier molecular flexibility index (Phi) is 3.98. The quantitative estimate of drug-likeness (QED) is 0.518. The van der Waals surface area contributed by atoms with Crippen LogP contribution in [0.5, 0.6) is 0 Å². The van der Waals surface area contributed by atoms with E-state index in [9.17, 15) is 13.2 Å². The summed E-state index contributed by atoms with van der Waals surface area (Å²) in [6, 6.07) is 22.4. The van der Waals surface area contributed by atoms with Gasteiger partial charge in [0, 0.05) is 18.8 Å². The van der Waals surface area contributed by atoms with E-state index in [0.717, 1.165) is 22.4 Å². The van der Waals surface area contributed by atoms with E-state index in [4.69, 9.17) is 0 Å². The molecule has 3 aromatic carbocycles. The molecule has 4 heterocycles. The molecule has 2 fully saturated rings. The van der Waals surface area contributed by atoms with Crippen LogP contribution < -0.4 is 20.3 Å². The predicted octanol–water partition coefficient (Wildman–Crippen LogP) is 2.97. The number of fused-ring (bicyclic) bond motifs is 3.